The first-order valence-electron chi connectivity index (χ1n) is 6.49. The van der Waals surface area contributed by atoms with Crippen LogP contribution in [0.25, 0.3) is 0 Å². The van der Waals surface area contributed by atoms with Crippen LogP contribution in [0, 0.1) is 0 Å². The molecule has 82 valence electrons. The van der Waals surface area contributed by atoms with Gasteiger partial charge in [-0.25, -0.2) is 0 Å². The van der Waals surface area contributed by atoms with Gasteiger partial charge in [0.05, 0.1) is 0 Å². The summed E-state index contributed by atoms with van der Waals surface area (Å²) in [6.45, 7) is 4.57. The number of aryl methyl sites for hydroxylation is 2. The quantitative estimate of drug-likeness (QED) is 0.693. The van der Waals surface area contributed by atoms with E-state index < -0.39 is 0 Å². The fraction of sp³-hybridized carbons (Fsp3) is 0.600. The highest BCUT2D eigenvalue weighted by atomic mass is 14.2. The average Bonchev–Trinajstić information content (AvgIpc) is 2.30. The number of benzene rings is 1. The molecule has 0 nitrogen and oxygen atoms in total. The lowest BCUT2D eigenvalue weighted by molar-refractivity contribution is 0.673. The van der Waals surface area contributed by atoms with Crippen molar-refractivity contribution in [2.75, 3.05) is 0 Å². The molecule has 1 aliphatic carbocycles. The lowest BCUT2D eigenvalue weighted by Crippen LogP contribution is -2.08. The molecule has 1 aliphatic rings. The van der Waals surface area contributed by atoms with Crippen LogP contribution in [0.15, 0.2) is 12.1 Å². The second-order valence-electron chi connectivity index (χ2n) is 4.65. The number of hydrogen-bond donors (Lipinski definition) is 0. The van der Waals surface area contributed by atoms with Crippen molar-refractivity contribution in [3.63, 3.8) is 0 Å². The smallest absolute Gasteiger partial charge is 0.0273 e. The number of rotatable bonds is 3. The molecule has 0 heteroatoms. The highest BCUT2D eigenvalue weighted by Crippen LogP contribution is 2.28. The Hall–Kier alpha value is -0.780. The summed E-state index contributed by atoms with van der Waals surface area (Å²) in [5, 5.41) is 0. The molecule has 2 rings (SSSR count). The predicted molar refractivity (Wildman–Crippen MR) is 66.5 cm³/mol. The first-order chi connectivity index (χ1) is 7.36. The topological polar surface area (TPSA) is 0 Å². The largest absolute Gasteiger partial charge is 0.0651 e. The van der Waals surface area contributed by atoms with Gasteiger partial charge in [0.2, 0.25) is 0 Å². The van der Waals surface area contributed by atoms with Crippen LogP contribution >= 0.6 is 0 Å². The summed E-state index contributed by atoms with van der Waals surface area (Å²) in [5.41, 5.74) is 6.64. The zero-order valence-corrected chi connectivity index (χ0v) is 10.1. The van der Waals surface area contributed by atoms with Crippen LogP contribution in [-0.4, -0.2) is 0 Å². The van der Waals surface area contributed by atoms with Gasteiger partial charge in [-0.3, -0.25) is 0 Å². The maximum Gasteiger partial charge on any atom is -0.0273 e. The molecule has 0 heterocycles. The molecular weight excluding hydrogens is 180 g/mol. The molecule has 0 bridgehead atoms. The third kappa shape index (κ3) is 2.09. The van der Waals surface area contributed by atoms with Gasteiger partial charge in [-0.15, -0.1) is 0 Å². The van der Waals surface area contributed by atoms with Crippen LogP contribution < -0.4 is 0 Å². The van der Waals surface area contributed by atoms with E-state index in [1.807, 2.05) is 0 Å². The van der Waals surface area contributed by atoms with E-state index in [1.54, 1.807) is 22.3 Å². The molecule has 1 aromatic carbocycles. The Bertz CT molecular complexity index is 336. The normalized spacial score (nSPS) is 15.1. The molecule has 0 saturated carbocycles. The summed E-state index contributed by atoms with van der Waals surface area (Å²) >= 11 is 0. The second kappa shape index (κ2) is 4.83. The first kappa shape index (κ1) is 10.7. The number of hydrogen-bond acceptors (Lipinski definition) is 0. The van der Waals surface area contributed by atoms with Gasteiger partial charge in [0, 0.05) is 0 Å². The minimum Gasteiger partial charge on any atom is -0.0651 e. The van der Waals surface area contributed by atoms with Crippen LogP contribution in [0.2, 0.25) is 0 Å². The lowest BCUT2D eigenvalue weighted by atomic mass is 9.84. The third-order valence-electron chi connectivity index (χ3n) is 3.63. The van der Waals surface area contributed by atoms with Crippen LogP contribution in [0.1, 0.15) is 55.4 Å². The Morgan fingerprint density at radius 1 is 1.07 bits per heavy atom. The third-order valence-corrected chi connectivity index (χ3v) is 3.63. The van der Waals surface area contributed by atoms with Crippen molar-refractivity contribution in [1.29, 1.82) is 0 Å². The monoisotopic (exact) mass is 202 g/mol. The van der Waals surface area contributed by atoms with Gasteiger partial charge in [0.1, 0.15) is 0 Å². The van der Waals surface area contributed by atoms with Gasteiger partial charge in [0.25, 0.3) is 0 Å². The van der Waals surface area contributed by atoms with Gasteiger partial charge in [-0.05, 0) is 60.8 Å². The Morgan fingerprint density at radius 2 is 1.87 bits per heavy atom. The molecule has 0 amide bonds. The van der Waals surface area contributed by atoms with E-state index in [2.05, 4.69) is 26.0 Å². The van der Waals surface area contributed by atoms with E-state index in [9.17, 15) is 0 Å². The summed E-state index contributed by atoms with van der Waals surface area (Å²) in [5.74, 6) is 0. The predicted octanol–water partition coefficient (Wildman–Crippen LogP) is 4.08. The van der Waals surface area contributed by atoms with Crippen LogP contribution in [0.3, 0.4) is 0 Å². The molecule has 0 atom stereocenters. The van der Waals surface area contributed by atoms with Crippen molar-refractivity contribution in [3.8, 4) is 0 Å². The van der Waals surface area contributed by atoms with Crippen molar-refractivity contribution in [2.45, 2.75) is 58.8 Å². The summed E-state index contributed by atoms with van der Waals surface area (Å²) in [7, 11) is 0. The Labute approximate surface area is 93.7 Å². The zero-order valence-electron chi connectivity index (χ0n) is 10.1. The zero-order chi connectivity index (χ0) is 10.7. The maximum atomic E-state index is 2.38. The van der Waals surface area contributed by atoms with Gasteiger partial charge in [-0.1, -0.05) is 32.4 Å². The molecule has 0 fully saturated rings. The van der Waals surface area contributed by atoms with Gasteiger partial charge in [-0.2, -0.15) is 0 Å². The molecule has 1 aromatic rings. The van der Waals surface area contributed by atoms with Crippen LogP contribution in [-0.2, 0) is 25.7 Å². The summed E-state index contributed by atoms with van der Waals surface area (Å²) < 4.78 is 0. The maximum absolute atomic E-state index is 2.38. The Kier molecular flexibility index (Phi) is 3.45. The summed E-state index contributed by atoms with van der Waals surface area (Å²) in [6.07, 6.45) is 9.20. The van der Waals surface area contributed by atoms with Crippen molar-refractivity contribution in [3.05, 3.63) is 34.4 Å². The van der Waals surface area contributed by atoms with E-state index >= 15 is 0 Å². The minimum atomic E-state index is 1.20. The van der Waals surface area contributed by atoms with Crippen molar-refractivity contribution < 1.29 is 0 Å². The van der Waals surface area contributed by atoms with E-state index in [4.69, 9.17) is 0 Å². The van der Waals surface area contributed by atoms with Crippen molar-refractivity contribution >= 4 is 0 Å². The highest BCUT2D eigenvalue weighted by molar-refractivity contribution is 5.42. The summed E-state index contributed by atoms with van der Waals surface area (Å²) in [6, 6.07) is 4.75. The molecule has 0 N–H and O–H groups in total. The van der Waals surface area contributed by atoms with Gasteiger partial charge in [0.15, 0.2) is 0 Å². The lowest BCUT2D eigenvalue weighted by Gasteiger charge is -2.21. The molecule has 0 unspecified atom stereocenters. The first-order valence-corrected chi connectivity index (χ1v) is 6.49. The summed E-state index contributed by atoms with van der Waals surface area (Å²) in [4.78, 5) is 0. The van der Waals surface area contributed by atoms with E-state index in [0.717, 1.165) is 0 Å². The SMILES string of the molecule is CCCc1c(CC)ccc2c1CCCC2. The second-order valence-corrected chi connectivity index (χ2v) is 4.65. The van der Waals surface area contributed by atoms with Crippen molar-refractivity contribution in [2.24, 2.45) is 0 Å². The van der Waals surface area contributed by atoms with Crippen LogP contribution in [0.4, 0.5) is 0 Å². The molecule has 0 saturated heterocycles. The Balaban J connectivity index is 2.44. The Morgan fingerprint density at radius 3 is 2.60 bits per heavy atom. The van der Waals surface area contributed by atoms with Gasteiger partial charge >= 0.3 is 0 Å². The molecule has 0 aliphatic heterocycles. The van der Waals surface area contributed by atoms with E-state index in [0.29, 0.717) is 0 Å². The minimum absolute atomic E-state index is 1.20. The van der Waals surface area contributed by atoms with E-state index in [-0.39, 0.29) is 0 Å². The van der Waals surface area contributed by atoms with Gasteiger partial charge < -0.3 is 0 Å². The van der Waals surface area contributed by atoms with Crippen LogP contribution in [0.5, 0.6) is 0 Å². The number of fused-ring (bicyclic) bond motifs is 1. The fourth-order valence-electron chi connectivity index (χ4n) is 2.85. The van der Waals surface area contributed by atoms with Crippen molar-refractivity contribution in [1.82, 2.24) is 0 Å². The molecular formula is C15H22. The molecule has 15 heavy (non-hydrogen) atoms. The van der Waals surface area contributed by atoms with E-state index in [1.165, 1.54) is 44.9 Å². The standard InChI is InChI=1S/C15H22/c1-3-7-14-12(4-2)10-11-13-8-5-6-9-15(13)14/h10-11H,3-9H2,1-2H3. The highest BCUT2D eigenvalue weighted by Gasteiger charge is 2.14. The molecule has 0 radical (unpaired) electrons. The molecule has 0 aromatic heterocycles. The average molecular weight is 202 g/mol. The molecule has 0 spiro atoms. The fourth-order valence-corrected chi connectivity index (χ4v) is 2.85.